The van der Waals surface area contributed by atoms with Crippen LogP contribution in [0.1, 0.15) is 12.6 Å². The van der Waals surface area contributed by atoms with E-state index >= 15 is 0 Å². The fraction of sp³-hybridized carbons (Fsp3) is 0.0400. The third kappa shape index (κ3) is 5.71. The Hall–Kier alpha value is -4.72. The smallest absolute Gasteiger partial charge is 0.250 e. The summed E-state index contributed by atoms with van der Waals surface area (Å²) in [5.74, 6) is 2.66. The van der Waals surface area contributed by atoms with Crippen LogP contribution in [0.4, 0.5) is 23.1 Å². The summed E-state index contributed by atoms with van der Waals surface area (Å²) in [5.41, 5.74) is 7.10. The molecule has 8 heteroatoms. The van der Waals surface area contributed by atoms with Crippen LogP contribution >= 0.6 is 0 Å². The van der Waals surface area contributed by atoms with Crippen molar-refractivity contribution in [3.8, 4) is 11.5 Å². The molecule has 4 rings (SSSR count). The minimum atomic E-state index is -0.532. The number of carbonyl (C=O) groups excluding carboxylic acids is 1. The lowest BCUT2D eigenvalue weighted by molar-refractivity contribution is -0.112. The quantitative estimate of drug-likeness (QED) is 0.330. The van der Waals surface area contributed by atoms with Gasteiger partial charge in [0.1, 0.15) is 35.3 Å². The predicted molar refractivity (Wildman–Crippen MR) is 129 cm³/mol. The SMILES string of the molecule is CC=C(C(N)=O)c1cccc(Nc2cc(Nc3ccc(Oc4ccccc4)cc3)ncn2)n1. The van der Waals surface area contributed by atoms with Gasteiger partial charge in [-0.2, -0.15) is 0 Å². The van der Waals surface area contributed by atoms with Gasteiger partial charge in [0.25, 0.3) is 5.91 Å². The number of rotatable bonds is 8. The second-order valence-electron chi connectivity index (χ2n) is 6.95. The lowest BCUT2D eigenvalue weighted by Gasteiger charge is -2.10. The average Bonchev–Trinajstić information content (AvgIpc) is 2.82. The Bertz CT molecular complexity index is 1270. The van der Waals surface area contributed by atoms with Crippen molar-refractivity contribution < 1.29 is 9.53 Å². The fourth-order valence-electron chi connectivity index (χ4n) is 3.07. The Balaban J connectivity index is 1.44. The third-order valence-corrected chi connectivity index (χ3v) is 4.61. The molecular formula is C25H22N6O2. The summed E-state index contributed by atoms with van der Waals surface area (Å²) >= 11 is 0. The van der Waals surface area contributed by atoms with E-state index in [1.54, 1.807) is 37.3 Å². The highest BCUT2D eigenvalue weighted by molar-refractivity contribution is 6.18. The van der Waals surface area contributed by atoms with Crippen molar-refractivity contribution in [1.29, 1.82) is 0 Å². The summed E-state index contributed by atoms with van der Waals surface area (Å²) in [7, 11) is 0. The molecule has 8 nitrogen and oxygen atoms in total. The van der Waals surface area contributed by atoms with Crippen LogP contribution in [0.25, 0.3) is 5.57 Å². The summed E-state index contributed by atoms with van der Waals surface area (Å²) in [6, 6.07) is 24.2. The Kier molecular flexibility index (Phi) is 6.56. The van der Waals surface area contributed by atoms with Gasteiger partial charge in [0.2, 0.25) is 0 Å². The van der Waals surface area contributed by atoms with E-state index in [-0.39, 0.29) is 0 Å². The number of hydrogen-bond donors (Lipinski definition) is 3. The standard InChI is InChI=1S/C25H22N6O2/c1-2-20(25(26)32)21-9-6-10-22(30-21)31-24-15-23(27-16-28-24)29-17-11-13-19(14-12-17)33-18-7-4-3-5-8-18/h2-16H,1H3,(H2,26,32)(H2,27,28,29,30,31). The number of nitrogens with two attached hydrogens (primary N) is 1. The summed E-state index contributed by atoms with van der Waals surface area (Å²) in [5, 5.41) is 6.36. The zero-order chi connectivity index (χ0) is 23.0. The minimum Gasteiger partial charge on any atom is -0.457 e. The second-order valence-corrected chi connectivity index (χ2v) is 6.95. The molecule has 0 spiro atoms. The number of anilines is 4. The molecule has 0 saturated heterocycles. The van der Waals surface area contributed by atoms with Crippen LogP contribution in [-0.2, 0) is 4.79 Å². The van der Waals surface area contributed by atoms with Gasteiger partial charge < -0.3 is 21.1 Å². The predicted octanol–water partition coefficient (Wildman–Crippen LogP) is 5.04. The van der Waals surface area contributed by atoms with Crippen LogP contribution in [-0.4, -0.2) is 20.9 Å². The number of benzene rings is 2. The first-order valence-electron chi connectivity index (χ1n) is 10.2. The molecule has 0 bridgehead atoms. The van der Waals surface area contributed by atoms with Crippen LogP contribution in [0.3, 0.4) is 0 Å². The molecule has 0 aliphatic rings. The van der Waals surface area contributed by atoms with Gasteiger partial charge in [-0.05, 0) is 55.5 Å². The molecular weight excluding hydrogens is 416 g/mol. The summed E-state index contributed by atoms with van der Waals surface area (Å²) in [6.07, 6.45) is 3.08. The lowest BCUT2D eigenvalue weighted by atomic mass is 10.1. The maximum atomic E-state index is 11.6. The number of aromatic nitrogens is 3. The van der Waals surface area contributed by atoms with E-state index in [4.69, 9.17) is 10.5 Å². The van der Waals surface area contributed by atoms with Crippen molar-refractivity contribution in [3.05, 3.63) is 97.0 Å². The molecule has 164 valence electrons. The number of nitrogens with zero attached hydrogens (tertiary/aromatic N) is 3. The zero-order valence-corrected chi connectivity index (χ0v) is 17.9. The summed E-state index contributed by atoms with van der Waals surface area (Å²) in [6.45, 7) is 1.74. The molecule has 0 radical (unpaired) electrons. The van der Waals surface area contributed by atoms with Crippen LogP contribution in [0, 0.1) is 0 Å². The van der Waals surface area contributed by atoms with Gasteiger partial charge in [-0.15, -0.1) is 0 Å². The first-order valence-corrected chi connectivity index (χ1v) is 10.2. The molecule has 0 aliphatic carbocycles. The average molecular weight is 438 g/mol. The maximum absolute atomic E-state index is 11.6. The molecule has 4 aromatic rings. The van der Waals surface area contributed by atoms with Gasteiger partial charge in [0.05, 0.1) is 11.3 Å². The van der Waals surface area contributed by atoms with Gasteiger partial charge in [-0.3, -0.25) is 4.79 Å². The Morgan fingerprint density at radius 3 is 2.24 bits per heavy atom. The molecule has 4 N–H and O–H groups in total. The Labute approximate surface area is 191 Å². The van der Waals surface area contributed by atoms with Gasteiger partial charge in [0.15, 0.2) is 0 Å². The van der Waals surface area contributed by atoms with Crippen molar-refractivity contribution in [2.24, 2.45) is 5.73 Å². The highest BCUT2D eigenvalue weighted by Gasteiger charge is 2.10. The molecule has 0 saturated carbocycles. The topological polar surface area (TPSA) is 115 Å². The number of ether oxygens (including phenoxy) is 1. The molecule has 2 aromatic carbocycles. The monoisotopic (exact) mass is 438 g/mol. The molecule has 1 amide bonds. The highest BCUT2D eigenvalue weighted by atomic mass is 16.5. The number of carbonyl (C=O) groups is 1. The third-order valence-electron chi connectivity index (χ3n) is 4.61. The van der Waals surface area contributed by atoms with Gasteiger partial charge >= 0.3 is 0 Å². The number of pyridine rings is 1. The van der Waals surface area contributed by atoms with Gasteiger partial charge in [-0.25, -0.2) is 15.0 Å². The number of nitrogens with one attached hydrogen (secondary N) is 2. The number of allylic oxidation sites excluding steroid dienone is 1. The molecule has 0 atom stereocenters. The van der Waals surface area contributed by atoms with Crippen LogP contribution in [0.15, 0.2) is 91.3 Å². The summed E-state index contributed by atoms with van der Waals surface area (Å²) < 4.78 is 5.82. The number of hydrogen-bond acceptors (Lipinski definition) is 7. The molecule has 0 aliphatic heterocycles. The molecule has 0 unspecified atom stereocenters. The van der Waals surface area contributed by atoms with Crippen LogP contribution in [0.5, 0.6) is 11.5 Å². The van der Waals surface area contributed by atoms with Crippen LogP contribution in [0.2, 0.25) is 0 Å². The van der Waals surface area contributed by atoms with Crippen molar-refractivity contribution in [2.45, 2.75) is 6.92 Å². The summed E-state index contributed by atoms with van der Waals surface area (Å²) in [4.78, 5) is 24.5. The first-order chi connectivity index (χ1) is 16.1. The molecule has 2 heterocycles. The normalized spacial score (nSPS) is 11.0. The zero-order valence-electron chi connectivity index (χ0n) is 17.9. The molecule has 2 aromatic heterocycles. The minimum absolute atomic E-state index is 0.350. The van der Waals surface area contributed by atoms with E-state index in [1.165, 1.54) is 6.33 Å². The van der Waals surface area contributed by atoms with Crippen molar-refractivity contribution in [1.82, 2.24) is 15.0 Å². The second kappa shape index (κ2) is 10.1. The lowest BCUT2D eigenvalue weighted by Crippen LogP contribution is -2.14. The highest BCUT2D eigenvalue weighted by Crippen LogP contribution is 2.25. The van der Waals surface area contributed by atoms with Gasteiger partial charge in [-0.1, -0.05) is 30.3 Å². The first kappa shape index (κ1) is 21.5. The maximum Gasteiger partial charge on any atom is 0.250 e. The van der Waals surface area contributed by atoms with Crippen molar-refractivity contribution in [2.75, 3.05) is 10.6 Å². The molecule has 0 fully saturated rings. The number of primary amides is 1. The largest absolute Gasteiger partial charge is 0.457 e. The van der Waals surface area contributed by atoms with Crippen LogP contribution < -0.4 is 21.1 Å². The van der Waals surface area contributed by atoms with E-state index in [1.807, 2.05) is 54.6 Å². The Morgan fingerprint density at radius 2 is 1.55 bits per heavy atom. The van der Waals surface area contributed by atoms with Gasteiger partial charge in [0, 0.05) is 11.8 Å². The van der Waals surface area contributed by atoms with E-state index in [0.29, 0.717) is 28.7 Å². The number of amides is 1. The Morgan fingerprint density at radius 1 is 0.848 bits per heavy atom. The van der Waals surface area contributed by atoms with E-state index in [2.05, 4.69) is 25.6 Å². The van der Waals surface area contributed by atoms with Crippen molar-refractivity contribution >= 4 is 34.6 Å². The van der Waals surface area contributed by atoms with E-state index in [9.17, 15) is 4.79 Å². The van der Waals surface area contributed by atoms with E-state index < -0.39 is 5.91 Å². The van der Waals surface area contributed by atoms with E-state index in [0.717, 1.165) is 17.2 Å². The number of para-hydroxylation sites is 1. The fourth-order valence-corrected chi connectivity index (χ4v) is 3.07. The van der Waals surface area contributed by atoms with Crippen molar-refractivity contribution in [3.63, 3.8) is 0 Å². The molecule has 33 heavy (non-hydrogen) atoms.